The van der Waals surface area contributed by atoms with Crippen molar-refractivity contribution in [2.45, 2.75) is 68.1 Å². The third-order valence-electron chi connectivity index (χ3n) is 6.48. The summed E-state index contributed by atoms with van der Waals surface area (Å²) in [6, 6.07) is 9.29. The van der Waals surface area contributed by atoms with Crippen molar-refractivity contribution < 1.29 is 0 Å². The Hall–Kier alpha value is -0.310. The summed E-state index contributed by atoms with van der Waals surface area (Å²) in [5.74, 6) is 3.74. The Balaban J connectivity index is 1.48. The van der Waals surface area contributed by atoms with E-state index in [-0.39, 0.29) is 0 Å². The minimum atomic E-state index is 0.686. The molecule has 0 heterocycles. The first-order valence-corrected chi connectivity index (χ1v) is 10.7. The number of alkyl halides is 1. The van der Waals surface area contributed by atoms with Crippen LogP contribution in [0.5, 0.6) is 0 Å². The summed E-state index contributed by atoms with van der Waals surface area (Å²) in [6.07, 6.45) is 13.7. The fraction of sp³-hybridized carbons (Fsp3) is 0.636. The van der Waals surface area contributed by atoms with Crippen molar-refractivity contribution >= 4 is 22.6 Å². The van der Waals surface area contributed by atoms with Gasteiger partial charge < -0.3 is 0 Å². The van der Waals surface area contributed by atoms with E-state index >= 15 is 0 Å². The first kappa shape index (κ1) is 17.5. The monoisotopic (exact) mass is 422 g/mol. The molecule has 1 aromatic rings. The van der Waals surface area contributed by atoms with Gasteiger partial charge >= 0.3 is 0 Å². The summed E-state index contributed by atoms with van der Waals surface area (Å²) in [5, 5.41) is 0. The van der Waals surface area contributed by atoms with E-state index in [9.17, 15) is 0 Å². The minimum Gasteiger partial charge on any atom is -0.102 e. The van der Waals surface area contributed by atoms with Gasteiger partial charge in [-0.25, -0.2) is 0 Å². The Morgan fingerprint density at radius 3 is 1.96 bits per heavy atom. The molecular formula is C22H31I. The lowest BCUT2D eigenvalue weighted by molar-refractivity contribution is 0.163. The highest BCUT2D eigenvalue weighted by atomic mass is 127. The summed E-state index contributed by atoms with van der Waals surface area (Å²) in [7, 11) is 0. The highest BCUT2D eigenvalue weighted by Crippen LogP contribution is 2.45. The van der Waals surface area contributed by atoms with E-state index in [2.05, 4.69) is 66.4 Å². The number of hydrogen-bond donors (Lipinski definition) is 0. The summed E-state index contributed by atoms with van der Waals surface area (Å²) >= 11 is 2.58. The number of hydrogen-bond acceptors (Lipinski definition) is 0. The number of rotatable bonds is 4. The normalized spacial score (nSPS) is 33.1. The molecule has 0 amide bonds. The zero-order valence-corrected chi connectivity index (χ0v) is 16.7. The van der Waals surface area contributed by atoms with Gasteiger partial charge in [-0.3, -0.25) is 0 Å². The minimum absolute atomic E-state index is 0.686. The Morgan fingerprint density at radius 1 is 0.913 bits per heavy atom. The van der Waals surface area contributed by atoms with Gasteiger partial charge in [-0.15, -0.1) is 6.58 Å². The molecule has 0 aliphatic heterocycles. The third kappa shape index (κ3) is 4.41. The molecule has 0 spiro atoms. The molecule has 1 heteroatoms. The van der Waals surface area contributed by atoms with Gasteiger partial charge in [0.15, 0.2) is 0 Å². The van der Waals surface area contributed by atoms with Crippen LogP contribution in [0.1, 0.15) is 68.4 Å². The number of aryl methyl sites for hydroxylation is 1. The van der Waals surface area contributed by atoms with E-state index in [0.717, 1.165) is 23.7 Å². The summed E-state index contributed by atoms with van der Waals surface area (Å²) < 4.78 is 0.686. The number of halogens is 1. The van der Waals surface area contributed by atoms with Crippen LogP contribution < -0.4 is 0 Å². The van der Waals surface area contributed by atoms with Gasteiger partial charge in [0.05, 0.1) is 0 Å². The fourth-order valence-corrected chi connectivity index (χ4v) is 5.61. The maximum Gasteiger partial charge on any atom is 0.0315 e. The second-order valence-corrected chi connectivity index (χ2v) is 9.32. The molecule has 126 valence electrons. The number of allylic oxidation sites excluding steroid dienone is 1. The van der Waals surface area contributed by atoms with E-state index in [1.54, 1.807) is 5.56 Å². The van der Waals surface area contributed by atoms with Crippen molar-refractivity contribution in [1.82, 2.24) is 0 Å². The van der Waals surface area contributed by atoms with Crippen LogP contribution >= 0.6 is 22.6 Å². The van der Waals surface area contributed by atoms with Crippen LogP contribution in [0.25, 0.3) is 0 Å². The van der Waals surface area contributed by atoms with Crippen LogP contribution in [0.15, 0.2) is 36.9 Å². The van der Waals surface area contributed by atoms with Crippen LogP contribution in [0, 0.1) is 24.7 Å². The largest absolute Gasteiger partial charge is 0.102 e. The zero-order chi connectivity index (χ0) is 16.2. The van der Waals surface area contributed by atoms with Gasteiger partial charge in [-0.1, -0.05) is 58.5 Å². The van der Waals surface area contributed by atoms with E-state index in [1.165, 1.54) is 56.9 Å². The smallest absolute Gasteiger partial charge is 0.0315 e. The van der Waals surface area contributed by atoms with Gasteiger partial charge in [-0.2, -0.15) is 0 Å². The van der Waals surface area contributed by atoms with Crippen molar-refractivity contribution in [3.8, 4) is 0 Å². The zero-order valence-electron chi connectivity index (χ0n) is 14.5. The molecule has 23 heavy (non-hydrogen) atoms. The first-order valence-electron chi connectivity index (χ1n) is 9.50. The Bertz CT molecular complexity index is 487. The molecule has 2 aliphatic carbocycles. The van der Waals surface area contributed by atoms with Gasteiger partial charge in [0.1, 0.15) is 0 Å². The molecule has 0 N–H and O–H groups in total. The van der Waals surface area contributed by atoms with Crippen LogP contribution in [-0.2, 0) is 0 Å². The maximum atomic E-state index is 3.98. The lowest BCUT2D eigenvalue weighted by atomic mass is 9.68. The molecule has 1 aromatic carbocycles. The summed E-state index contributed by atoms with van der Waals surface area (Å²) in [4.78, 5) is 0. The Morgan fingerprint density at radius 2 is 1.43 bits per heavy atom. The van der Waals surface area contributed by atoms with Crippen LogP contribution in [0.2, 0.25) is 0 Å². The Labute approximate surface area is 156 Å². The van der Waals surface area contributed by atoms with Gasteiger partial charge in [0.25, 0.3) is 0 Å². The lowest BCUT2D eigenvalue weighted by Gasteiger charge is -2.38. The van der Waals surface area contributed by atoms with Gasteiger partial charge in [0.2, 0.25) is 0 Å². The van der Waals surface area contributed by atoms with Crippen LogP contribution in [-0.4, -0.2) is 3.92 Å². The molecule has 2 aliphatic rings. The predicted octanol–water partition coefficient (Wildman–Crippen LogP) is 7.06. The van der Waals surface area contributed by atoms with Crippen LogP contribution in [0.4, 0.5) is 0 Å². The van der Waals surface area contributed by atoms with Crippen molar-refractivity contribution in [2.24, 2.45) is 17.8 Å². The van der Waals surface area contributed by atoms with Gasteiger partial charge in [-0.05, 0) is 87.5 Å². The summed E-state index contributed by atoms with van der Waals surface area (Å²) in [6.45, 7) is 6.16. The maximum absolute atomic E-state index is 3.98. The predicted molar refractivity (Wildman–Crippen MR) is 109 cm³/mol. The average Bonchev–Trinajstić information content (AvgIpc) is 2.62. The van der Waals surface area contributed by atoms with E-state index in [0.29, 0.717) is 3.92 Å². The molecule has 1 unspecified atom stereocenters. The molecule has 0 aromatic heterocycles. The first-order chi connectivity index (χ1) is 11.2. The molecule has 3 rings (SSSR count). The quantitative estimate of drug-likeness (QED) is 0.277. The molecule has 2 saturated carbocycles. The standard InChI is InChI=1S/C22H31I/c1-3-22(23)21-14-12-20(13-15-21)19-10-8-18(9-11-19)17-6-4-16(2)5-7-17/h3-7,18-22H,1,8-15H2,2H3. The topological polar surface area (TPSA) is 0 Å². The molecule has 0 radical (unpaired) electrons. The second kappa shape index (κ2) is 8.18. The molecule has 1 atom stereocenters. The SMILES string of the molecule is C=CC(I)C1CCC(C2CCC(c3ccc(C)cc3)CC2)CC1. The molecule has 0 nitrogen and oxygen atoms in total. The highest BCUT2D eigenvalue weighted by molar-refractivity contribution is 14.1. The fourth-order valence-electron chi connectivity index (χ4n) is 4.89. The molecule has 2 fully saturated rings. The average molecular weight is 422 g/mol. The molecular weight excluding hydrogens is 391 g/mol. The third-order valence-corrected chi connectivity index (χ3v) is 8.00. The Kier molecular flexibility index (Phi) is 6.23. The van der Waals surface area contributed by atoms with E-state index in [1.807, 2.05) is 0 Å². The lowest BCUT2D eigenvalue weighted by Crippen LogP contribution is -2.27. The highest BCUT2D eigenvalue weighted by Gasteiger charge is 2.32. The van der Waals surface area contributed by atoms with Gasteiger partial charge in [0, 0.05) is 3.92 Å². The van der Waals surface area contributed by atoms with Crippen molar-refractivity contribution in [1.29, 1.82) is 0 Å². The van der Waals surface area contributed by atoms with Crippen molar-refractivity contribution in [3.63, 3.8) is 0 Å². The second-order valence-electron chi connectivity index (χ2n) is 7.88. The van der Waals surface area contributed by atoms with Crippen molar-refractivity contribution in [2.75, 3.05) is 0 Å². The van der Waals surface area contributed by atoms with E-state index in [4.69, 9.17) is 0 Å². The van der Waals surface area contributed by atoms with E-state index < -0.39 is 0 Å². The summed E-state index contributed by atoms with van der Waals surface area (Å²) in [5.41, 5.74) is 2.96. The molecule has 0 bridgehead atoms. The molecule has 0 saturated heterocycles. The number of benzene rings is 1. The van der Waals surface area contributed by atoms with Crippen LogP contribution in [0.3, 0.4) is 0 Å². The van der Waals surface area contributed by atoms with Crippen molar-refractivity contribution in [3.05, 3.63) is 48.0 Å².